The number of nitrogens with zero attached hydrogens (tertiary/aromatic N) is 3. The lowest BCUT2D eigenvalue weighted by Gasteiger charge is -2.02. The zero-order chi connectivity index (χ0) is 15.9. The van der Waals surface area contributed by atoms with E-state index in [-0.39, 0.29) is 17.3 Å². The summed E-state index contributed by atoms with van der Waals surface area (Å²) >= 11 is 3.31. The number of nitrogens with one attached hydrogen (secondary N) is 1. The molecule has 0 aliphatic heterocycles. The van der Waals surface area contributed by atoms with Gasteiger partial charge in [0.25, 0.3) is 0 Å². The predicted octanol–water partition coefficient (Wildman–Crippen LogP) is 2.57. The maximum absolute atomic E-state index is 11.4. The number of aromatic hydroxyl groups is 1. The number of hydrogen-bond acceptors (Lipinski definition) is 7. The van der Waals surface area contributed by atoms with Gasteiger partial charge in [0.2, 0.25) is 5.95 Å². The van der Waals surface area contributed by atoms with E-state index in [1.165, 1.54) is 18.6 Å². The first-order valence-electron chi connectivity index (χ1n) is 6.37. The zero-order valence-corrected chi connectivity index (χ0v) is 13.2. The summed E-state index contributed by atoms with van der Waals surface area (Å²) in [6.07, 6.45) is 4.13. The molecule has 1 heterocycles. The van der Waals surface area contributed by atoms with Crippen LogP contribution >= 0.6 is 15.9 Å². The normalized spacial score (nSPS) is 10.6. The lowest BCUT2D eigenvalue weighted by molar-refractivity contribution is 0.0525. The molecule has 7 nitrogen and oxygen atoms in total. The van der Waals surface area contributed by atoms with Crippen molar-refractivity contribution in [3.63, 3.8) is 0 Å². The van der Waals surface area contributed by atoms with Gasteiger partial charge in [0.15, 0.2) is 0 Å². The number of phenolic OH excluding ortho intramolecular Hbond substituents is 1. The predicted molar refractivity (Wildman–Crippen MR) is 85.0 cm³/mol. The van der Waals surface area contributed by atoms with E-state index in [0.29, 0.717) is 12.2 Å². The fraction of sp³-hybridized carbons (Fsp3) is 0.143. The van der Waals surface area contributed by atoms with Crippen LogP contribution in [0.4, 0.5) is 5.95 Å². The molecule has 0 bridgehead atoms. The molecule has 1 aromatic carbocycles. The second-order valence-electron chi connectivity index (χ2n) is 4.09. The first-order valence-corrected chi connectivity index (χ1v) is 7.16. The van der Waals surface area contributed by atoms with Crippen LogP contribution in [0.3, 0.4) is 0 Å². The van der Waals surface area contributed by atoms with Crippen LogP contribution in [-0.4, -0.2) is 33.9 Å². The van der Waals surface area contributed by atoms with Gasteiger partial charge < -0.3 is 9.84 Å². The van der Waals surface area contributed by atoms with Crippen LogP contribution < -0.4 is 5.43 Å². The summed E-state index contributed by atoms with van der Waals surface area (Å²) in [5.41, 5.74) is 3.40. The molecule has 0 radical (unpaired) electrons. The number of rotatable bonds is 5. The van der Waals surface area contributed by atoms with Crippen molar-refractivity contribution in [2.45, 2.75) is 6.92 Å². The second-order valence-corrected chi connectivity index (χ2v) is 5.00. The van der Waals surface area contributed by atoms with Crippen LogP contribution in [0.2, 0.25) is 0 Å². The van der Waals surface area contributed by atoms with Crippen LogP contribution in [0.15, 0.2) is 40.2 Å². The van der Waals surface area contributed by atoms with Crippen LogP contribution in [0.1, 0.15) is 22.8 Å². The van der Waals surface area contributed by atoms with E-state index in [1.54, 1.807) is 25.1 Å². The van der Waals surface area contributed by atoms with Gasteiger partial charge in [-0.25, -0.2) is 20.2 Å². The number of carbonyl (C=O) groups is 1. The summed E-state index contributed by atoms with van der Waals surface area (Å²) in [4.78, 5) is 19.3. The highest BCUT2D eigenvalue weighted by molar-refractivity contribution is 9.10. The molecule has 114 valence electrons. The molecule has 22 heavy (non-hydrogen) atoms. The van der Waals surface area contributed by atoms with Crippen LogP contribution in [0.25, 0.3) is 0 Å². The first kappa shape index (κ1) is 15.9. The number of halogens is 1. The van der Waals surface area contributed by atoms with Gasteiger partial charge in [-0.15, -0.1) is 0 Å². The van der Waals surface area contributed by atoms with Crippen molar-refractivity contribution in [1.82, 2.24) is 9.97 Å². The van der Waals surface area contributed by atoms with E-state index >= 15 is 0 Å². The van der Waals surface area contributed by atoms with Gasteiger partial charge in [-0.3, -0.25) is 0 Å². The molecule has 0 atom stereocenters. The highest BCUT2D eigenvalue weighted by Crippen LogP contribution is 2.20. The van der Waals surface area contributed by atoms with Gasteiger partial charge >= 0.3 is 5.97 Å². The number of aromatic nitrogens is 2. The molecule has 0 fully saturated rings. The number of anilines is 1. The molecule has 2 rings (SSSR count). The van der Waals surface area contributed by atoms with Crippen LogP contribution in [-0.2, 0) is 4.74 Å². The number of hydrogen-bond donors (Lipinski definition) is 2. The van der Waals surface area contributed by atoms with Gasteiger partial charge in [-0.1, -0.05) is 15.9 Å². The third-order valence-electron chi connectivity index (χ3n) is 2.52. The Morgan fingerprint density at radius 1 is 1.45 bits per heavy atom. The lowest BCUT2D eigenvalue weighted by atomic mass is 10.2. The smallest absolute Gasteiger partial charge is 0.341 e. The van der Waals surface area contributed by atoms with Crippen LogP contribution in [0.5, 0.6) is 5.75 Å². The molecule has 0 saturated heterocycles. The van der Waals surface area contributed by atoms with E-state index < -0.39 is 5.97 Å². The topological polar surface area (TPSA) is 96.7 Å². The summed E-state index contributed by atoms with van der Waals surface area (Å²) in [5.74, 6) is -0.150. The van der Waals surface area contributed by atoms with E-state index in [2.05, 4.69) is 36.4 Å². The number of ether oxygens (including phenoxy) is 1. The van der Waals surface area contributed by atoms with E-state index in [1.807, 2.05) is 0 Å². The summed E-state index contributed by atoms with van der Waals surface area (Å²) in [5, 5.41) is 13.6. The van der Waals surface area contributed by atoms with Crippen molar-refractivity contribution in [3.05, 3.63) is 46.2 Å². The quantitative estimate of drug-likeness (QED) is 0.480. The molecule has 2 N–H and O–H groups in total. The molecule has 0 aliphatic carbocycles. The second kappa shape index (κ2) is 7.51. The van der Waals surface area contributed by atoms with Crippen molar-refractivity contribution in [3.8, 4) is 5.75 Å². The minimum atomic E-state index is -0.475. The Hall–Kier alpha value is -2.48. The van der Waals surface area contributed by atoms with Gasteiger partial charge in [0, 0.05) is 22.4 Å². The maximum Gasteiger partial charge on any atom is 0.341 e. The Labute approximate surface area is 135 Å². The maximum atomic E-state index is 11.4. The SMILES string of the molecule is CCOC(=O)c1cnc(NN=Cc2cc(Br)ccc2O)nc1. The average molecular weight is 365 g/mol. The number of benzene rings is 1. The third kappa shape index (κ3) is 4.26. The Bertz CT molecular complexity index is 689. The highest BCUT2D eigenvalue weighted by atomic mass is 79.9. The molecule has 1 aromatic heterocycles. The molecule has 0 amide bonds. The first-order chi connectivity index (χ1) is 10.6. The van der Waals surface area contributed by atoms with Gasteiger partial charge in [0.1, 0.15) is 5.75 Å². The fourth-order valence-electron chi connectivity index (χ4n) is 1.49. The number of hydrazone groups is 1. The number of esters is 1. The fourth-order valence-corrected chi connectivity index (χ4v) is 1.87. The molecule has 2 aromatic rings. The van der Waals surface area contributed by atoms with Crippen molar-refractivity contribution < 1.29 is 14.6 Å². The highest BCUT2D eigenvalue weighted by Gasteiger charge is 2.07. The molecule has 8 heteroatoms. The van der Waals surface area contributed by atoms with Crippen LogP contribution in [0, 0.1) is 0 Å². The van der Waals surface area contributed by atoms with Crippen molar-refractivity contribution in [1.29, 1.82) is 0 Å². The Kier molecular flexibility index (Phi) is 5.42. The van der Waals surface area contributed by atoms with Gasteiger partial charge in [-0.05, 0) is 25.1 Å². The molecule has 0 aliphatic rings. The summed E-state index contributed by atoms with van der Waals surface area (Å²) < 4.78 is 5.65. The molecule has 0 spiro atoms. The standard InChI is InChI=1S/C14H13BrN4O3/c1-2-22-13(21)10-6-16-14(17-7-10)19-18-8-9-5-11(15)3-4-12(9)20/h3-8,20H,2H2,1H3,(H,16,17,19). The monoisotopic (exact) mass is 364 g/mol. The zero-order valence-electron chi connectivity index (χ0n) is 11.7. The Balaban J connectivity index is 2.01. The van der Waals surface area contributed by atoms with Crippen molar-refractivity contribution >= 4 is 34.1 Å². The summed E-state index contributed by atoms with van der Waals surface area (Å²) in [7, 11) is 0. The van der Waals surface area contributed by atoms with E-state index in [4.69, 9.17) is 4.74 Å². The average Bonchev–Trinajstić information content (AvgIpc) is 2.51. The largest absolute Gasteiger partial charge is 0.507 e. The minimum Gasteiger partial charge on any atom is -0.507 e. The number of phenols is 1. The molecule has 0 saturated carbocycles. The van der Waals surface area contributed by atoms with E-state index in [0.717, 1.165) is 4.47 Å². The van der Waals surface area contributed by atoms with E-state index in [9.17, 15) is 9.90 Å². The third-order valence-corrected chi connectivity index (χ3v) is 3.01. The Morgan fingerprint density at radius 2 is 2.18 bits per heavy atom. The summed E-state index contributed by atoms with van der Waals surface area (Å²) in [6, 6.07) is 4.98. The van der Waals surface area contributed by atoms with Crippen molar-refractivity contribution in [2.24, 2.45) is 5.10 Å². The molecular weight excluding hydrogens is 352 g/mol. The minimum absolute atomic E-state index is 0.104. The lowest BCUT2D eigenvalue weighted by Crippen LogP contribution is -2.06. The van der Waals surface area contributed by atoms with Gasteiger partial charge in [0.05, 0.1) is 18.4 Å². The molecule has 0 unspecified atom stereocenters. The Morgan fingerprint density at radius 3 is 2.86 bits per heavy atom. The van der Waals surface area contributed by atoms with Crippen molar-refractivity contribution in [2.75, 3.05) is 12.0 Å². The number of carbonyl (C=O) groups excluding carboxylic acids is 1. The van der Waals surface area contributed by atoms with Gasteiger partial charge in [-0.2, -0.15) is 5.10 Å². The molecular formula is C14H13BrN4O3. The summed E-state index contributed by atoms with van der Waals surface area (Å²) in [6.45, 7) is 2.01.